The molecule has 0 aliphatic rings. The van der Waals surface area contributed by atoms with Gasteiger partial charge >= 0.3 is 5.97 Å². The fourth-order valence-electron chi connectivity index (χ4n) is 2.76. The Kier molecular flexibility index (Phi) is 6.91. The number of rotatable bonds is 6. The van der Waals surface area contributed by atoms with Gasteiger partial charge in [-0.1, -0.05) is 29.8 Å². The van der Waals surface area contributed by atoms with Crippen molar-refractivity contribution in [3.63, 3.8) is 0 Å². The number of amides is 1. The normalized spacial score (nSPS) is 11.1. The van der Waals surface area contributed by atoms with Crippen LogP contribution >= 0.6 is 11.6 Å². The van der Waals surface area contributed by atoms with Gasteiger partial charge in [-0.15, -0.1) is 0 Å². The second kappa shape index (κ2) is 9.79. The molecule has 7 heteroatoms. The third kappa shape index (κ3) is 5.62. The van der Waals surface area contributed by atoms with Gasteiger partial charge < -0.3 is 14.5 Å². The smallest absolute Gasteiger partial charge is 0.339 e. The number of hydrogen-bond acceptors (Lipinski definition) is 5. The van der Waals surface area contributed by atoms with E-state index in [-0.39, 0.29) is 17.4 Å². The molecular weight excluding hydrogens is 416 g/mol. The highest BCUT2D eigenvalue weighted by molar-refractivity contribution is 6.31. The Morgan fingerprint density at radius 1 is 1.13 bits per heavy atom. The van der Waals surface area contributed by atoms with Crippen molar-refractivity contribution in [2.45, 2.75) is 20.0 Å². The van der Waals surface area contributed by atoms with Crippen molar-refractivity contribution < 1.29 is 18.7 Å². The molecule has 1 amide bonds. The van der Waals surface area contributed by atoms with Gasteiger partial charge in [-0.05, 0) is 56.3 Å². The van der Waals surface area contributed by atoms with E-state index >= 15 is 0 Å². The number of nitrogens with zero attached hydrogens (tertiary/aromatic N) is 1. The number of carbonyl (C=O) groups is 2. The topological polar surface area (TPSA) is 92.3 Å². The first-order chi connectivity index (χ1) is 14.9. The van der Waals surface area contributed by atoms with Gasteiger partial charge in [-0.25, -0.2) is 4.79 Å². The zero-order chi connectivity index (χ0) is 22.4. The maximum Gasteiger partial charge on any atom is 0.339 e. The second-order valence-corrected chi connectivity index (χ2v) is 7.27. The molecular formula is C24H19ClN2O4. The van der Waals surface area contributed by atoms with Crippen LogP contribution in [0.1, 0.15) is 30.0 Å². The van der Waals surface area contributed by atoms with Crippen LogP contribution in [-0.2, 0) is 9.53 Å². The summed E-state index contributed by atoms with van der Waals surface area (Å²) < 4.78 is 11.1. The van der Waals surface area contributed by atoms with E-state index in [4.69, 9.17) is 20.8 Å². The van der Waals surface area contributed by atoms with Gasteiger partial charge in [0.15, 0.2) is 0 Å². The zero-order valence-corrected chi connectivity index (χ0v) is 17.6. The molecule has 0 unspecified atom stereocenters. The van der Waals surface area contributed by atoms with Crippen molar-refractivity contribution in [1.82, 2.24) is 0 Å². The third-order valence-corrected chi connectivity index (χ3v) is 4.35. The van der Waals surface area contributed by atoms with Crippen molar-refractivity contribution >= 4 is 35.2 Å². The predicted octanol–water partition coefficient (Wildman–Crippen LogP) is 5.71. The second-order valence-electron chi connectivity index (χ2n) is 6.84. The van der Waals surface area contributed by atoms with Crippen LogP contribution < -0.4 is 5.32 Å². The number of nitrogens with one attached hydrogen (secondary N) is 1. The zero-order valence-electron chi connectivity index (χ0n) is 16.9. The third-order valence-electron chi connectivity index (χ3n) is 4.12. The molecule has 0 fully saturated rings. The van der Waals surface area contributed by atoms with Crippen LogP contribution in [0.15, 0.2) is 70.7 Å². The molecule has 0 saturated heterocycles. The highest BCUT2D eigenvalue weighted by atomic mass is 35.5. The van der Waals surface area contributed by atoms with E-state index in [1.54, 1.807) is 68.4 Å². The Bertz CT molecular complexity index is 1170. The van der Waals surface area contributed by atoms with E-state index in [9.17, 15) is 14.9 Å². The van der Waals surface area contributed by atoms with Crippen molar-refractivity contribution in [2.75, 3.05) is 5.32 Å². The lowest BCUT2D eigenvalue weighted by Gasteiger charge is -2.11. The molecule has 2 aromatic carbocycles. The number of halogens is 1. The van der Waals surface area contributed by atoms with Crippen molar-refractivity contribution in [1.29, 1.82) is 5.26 Å². The number of hydrogen-bond donors (Lipinski definition) is 1. The average molecular weight is 435 g/mol. The summed E-state index contributed by atoms with van der Waals surface area (Å²) in [6.07, 6.45) is 1.05. The molecule has 31 heavy (non-hydrogen) atoms. The Balaban J connectivity index is 1.89. The van der Waals surface area contributed by atoms with Crippen molar-refractivity contribution in [3.8, 4) is 17.4 Å². The minimum Gasteiger partial charge on any atom is -0.459 e. The summed E-state index contributed by atoms with van der Waals surface area (Å²) in [6, 6.07) is 18.7. The van der Waals surface area contributed by atoms with Crippen LogP contribution in [0.25, 0.3) is 17.4 Å². The number of ether oxygens (including phenoxy) is 1. The Labute approximate surface area is 184 Å². The van der Waals surface area contributed by atoms with Crippen LogP contribution in [-0.4, -0.2) is 18.0 Å². The van der Waals surface area contributed by atoms with E-state index in [2.05, 4.69) is 5.32 Å². The summed E-state index contributed by atoms with van der Waals surface area (Å²) in [4.78, 5) is 24.8. The molecule has 156 valence electrons. The van der Waals surface area contributed by atoms with E-state index in [0.717, 1.165) is 0 Å². The SMILES string of the molecule is CC(C)OC(=O)c1ccc(Cl)cc1-c1ccc(/C=C(\C#N)C(=O)Nc2ccccc2)o1. The van der Waals surface area contributed by atoms with Crippen LogP contribution in [0.2, 0.25) is 5.02 Å². The van der Waals surface area contributed by atoms with Gasteiger partial charge in [0.25, 0.3) is 5.91 Å². The average Bonchev–Trinajstić information content (AvgIpc) is 3.20. The standard InChI is InChI=1S/C24H19ClN2O4/c1-15(2)30-24(29)20-10-8-17(25)13-21(20)22-11-9-19(31-22)12-16(14-26)23(28)27-18-6-4-3-5-7-18/h3-13,15H,1-2H3,(H,27,28)/b16-12+. The van der Waals surface area contributed by atoms with Gasteiger partial charge in [-0.3, -0.25) is 4.79 Å². The summed E-state index contributed by atoms with van der Waals surface area (Å²) >= 11 is 6.11. The number of benzene rings is 2. The van der Waals surface area contributed by atoms with Crippen LogP contribution in [0, 0.1) is 11.3 Å². The van der Waals surface area contributed by atoms with Gasteiger partial charge in [0.1, 0.15) is 23.2 Å². The lowest BCUT2D eigenvalue weighted by atomic mass is 10.1. The lowest BCUT2D eigenvalue weighted by molar-refractivity contribution is -0.112. The fraction of sp³-hybridized carbons (Fsp3) is 0.125. The highest BCUT2D eigenvalue weighted by Crippen LogP contribution is 2.30. The van der Waals surface area contributed by atoms with Gasteiger partial charge in [0, 0.05) is 22.3 Å². The number of para-hydroxylation sites is 1. The molecule has 0 radical (unpaired) electrons. The molecule has 6 nitrogen and oxygen atoms in total. The summed E-state index contributed by atoms with van der Waals surface area (Å²) in [5.41, 5.74) is 1.19. The van der Waals surface area contributed by atoms with E-state index in [1.165, 1.54) is 6.08 Å². The van der Waals surface area contributed by atoms with Crippen LogP contribution in [0.3, 0.4) is 0 Å². The summed E-state index contributed by atoms with van der Waals surface area (Å²) in [5.74, 6) is -0.436. The first kappa shape index (κ1) is 21.9. The first-order valence-electron chi connectivity index (χ1n) is 9.46. The van der Waals surface area contributed by atoms with E-state index in [1.807, 2.05) is 12.1 Å². The molecule has 0 atom stereocenters. The predicted molar refractivity (Wildman–Crippen MR) is 118 cm³/mol. The largest absolute Gasteiger partial charge is 0.459 e. The molecule has 0 aliphatic heterocycles. The molecule has 0 bridgehead atoms. The van der Waals surface area contributed by atoms with Crippen molar-refractivity contribution in [3.05, 3.63) is 82.6 Å². The molecule has 1 N–H and O–H groups in total. The number of furan rings is 1. The Morgan fingerprint density at radius 2 is 1.87 bits per heavy atom. The van der Waals surface area contributed by atoms with Gasteiger partial charge in [-0.2, -0.15) is 5.26 Å². The van der Waals surface area contributed by atoms with Crippen LogP contribution in [0.4, 0.5) is 5.69 Å². The minimum atomic E-state index is -0.560. The fourth-order valence-corrected chi connectivity index (χ4v) is 2.93. The summed E-state index contributed by atoms with van der Waals surface area (Å²) in [7, 11) is 0. The quantitative estimate of drug-likeness (QED) is 0.304. The lowest BCUT2D eigenvalue weighted by Crippen LogP contribution is -2.13. The number of esters is 1. The molecule has 0 aliphatic carbocycles. The molecule has 1 heterocycles. The Hall–Kier alpha value is -3.82. The van der Waals surface area contributed by atoms with E-state index < -0.39 is 11.9 Å². The van der Waals surface area contributed by atoms with Gasteiger partial charge in [0.05, 0.1) is 11.7 Å². The van der Waals surface area contributed by atoms with Crippen molar-refractivity contribution in [2.24, 2.45) is 0 Å². The first-order valence-corrected chi connectivity index (χ1v) is 9.84. The molecule has 3 rings (SSSR count). The maximum atomic E-state index is 12.4. The van der Waals surface area contributed by atoms with Gasteiger partial charge in [0.2, 0.25) is 0 Å². The number of nitriles is 1. The number of carbonyl (C=O) groups excluding carboxylic acids is 2. The molecule has 0 saturated carbocycles. The maximum absolute atomic E-state index is 12.4. The summed E-state index contributed by atoms with van der Waals surface area (Å²) in [5, 5.41) is 12.5. The van der Waals surface area contributed by atoms with E-state index in [0.29, 0.717) is 27.6 Å². The molecule has 1 aromatic heterocycles. The molecule has 0 spiro atoms. The summed E-state index contributed by atoms with van der Waals surface area (Å²) in [6.45, 7) is 3.51. The monoisotopic (exact) mass is 434 g/mol. The number of anilines is 1. The highest BCUT2D eigenvalue weighted by Gasteiger charge is 2.19. The minimum absolute atomic E-state index is 0.129. The Morgan fingerprint density at radius 3 is 2.55 bits per heavy atom. The van der Waals surface area contributed by atoms with Crippen LogP contribution in [0.5, 0.6) is 0 Å². The molecule has 3 aromatic rings.